The molecule has 6 N–H and O–H groups in total. The van der Waals surface area contributed by atoms with Gasteiger partial charge in [-0.3, -0.25) is 44.5 Å². The van der Waals surface area contributed by atoms with Crippen molar-refractivity contribution in [1.82, 2.24) is 35.3 Å². The molecule has 332 valence electrons. The number of fused-ring (bicyclic) bond motifs is 1. The van der Waals surface area contributed by atoms with Crippen molar-refractivity contribution in [3.05, 3.63) is 106 Å². The highest BCUT2D eigenvalue weighted by Gasteiger charge is 2.45. The molecule has 1 unspecified atom stereocenters. The molecule has 0 spiro atoms. The standard InChI is InChI=1S/C46H50FN11O6/c1-64-37-10-6-28(47)20-35(37)43(60)50-22-26-2-4-27(5-3-26)40(48)39-41(49)51-25-52-42(39)53-29-12-16-55(17-13-29)30-14-18-56(19-15-30)32-23-57(24-32)31-7-8-33-34(21-31)46(63)58(45(33)62)36-9-11-38(59)54-44(36)61/h2-8,10,20-21,25,29-30,32,36,48H,9,11-19,22-24H2,1H3,(H,50,60)(H,54,59,61)(H3,49,51,52,53). The van der Waals surface area contributed by atoms with Crippen LogP contribution in [0.25, 0.3) is 0 Å². The van der Waals surface area contributed by atoms with Gasteiger partial charge in [0.2, 0.25) is 11.8 Å². The summed E-state index contributed by atoms with van der Waals surface area (Å²) in [6.07, 6.45) is 5.61. The zero-order valence-electron chi connectivity index (χ0n) is 35.4. The Morgan fingerprint density at radius 1 is 0.875 bits per heavy atom. The van der Waals surface area contributed by atoms with E-state index >= 15 is 0 Å². The number of piperidine rings is 3. The molecular formula is C46H50FN11O6. The number of carbonyl (C=O) groups excluding carboxylic acids is 5. The lowest BCUT2D eigenvalue weighted by Crippen LogP contribution is -2.62. The quantitative estimate of drug-likeness (QED) is 0.102. The molecule has 5 aliphatic heterocycles. The van der Waals surface area contributed by atoms with E-state index in [4.69, 9.17) is 15.9 Å². The molecule has 9 rings (SSSR count). The van der Waals surface area contributed by atoms with E-state index in [0.717, 1.165) is 87.2 Å². The molecule has 3 aromatic carbocycles. The predicted molar refractivity (Wildman–Crippen MR) is 235 cm³/mol. The van der Waals surface area contributed by atoms with Gasteiger partial charge in [0, 0.05) is 81.6 Å². The summed E-state index contributed by atoms with van der Waals surface area (Å²) in [6.45, 7) is 5.74. The van der Waals surface area contributed by atoms with E-state index < -0.39 is 41.4 Å². The second-order valence-corrected chi connectivity index (χ2v) is 17.0. The molecule has 4 saturated heterocycles. The topological polar surface area (TPSA) is 219 Å². The average Bonchev–Trinajstić information content (AvgIpc) is 3.53. The monoisotopic (exact) mass is 871 g/mol. The van der Waals surface area contributed by atoms with Crippen LogP contribution in [-0.2, 0) is 16.1 Å². The lowest BCUT2D eigenvalue weighted by molar-refractivity contribution is -0.136. The normalized spacial score (nSPS) is 20.2. The van der Waals surface area contributed by atoms with Crippen LogP contribution in [0, 0.1) is 11.2 Å². The number of anilines is 3. The van der Waals surface area contributed by atoms with Gasteiger partial charge in [-0.1, -0.05) is 24.3 Å². The Bertz CT molecular complexity index is 2520. The van der Waals surface area contributed by atoms with Crippen molar-refractivity contribution in [3.63, 3.8) is 0 Å². The highest BCUT2D eigenvalue weighted by Crippen LogP contribution is 2.34. The van der Waals surface area contributed by atoms with Gasteiger partial charge in [-0.05, 0) is 74.1 Å². The number of ether oxygens (including phenoxy) is 1. The molecule has 18 heteroatoms. The smallest absolute Gasteiger partial charge is 0.262 e. The SMILES string of the molecule is COc1ccc(F)cc1C(=O)NCc1ccc(C(=N)c2c(N)ncnc2NC2CCN(C3CCN(C4CN(c5ccc6c(c5)C(=O)N(C5CCC(=O)NC5=O)C6=O)C4)CC3)CC2)cc1. The minimum atomic E-state index is -0.982. The maximum atomic E-state index is 13.8. The Morgan fingerprint density at radius 3 is 2.30 bits per heavy atom. The number of nitrogen functional groups attached to an aromatic ring is 1. The van der Waals surface area contributed by atoms with Gasteiger partial charge in [-0.25, -0.2) is 14.4 Å². The molecule has 4 fully saturated rings. The Morgan fingerprint density at radius 2 is 1.58 bits per heavy atom. The van der Waals surface area contributed by atoms with Crippen LogP contribution in [0.2, 0.25) is 0 Å². The number of aromatic nitrogens is 2. The third-order valence-electron chi connectivity index (χ3n) is 13.3. The van der Waals surface area contributed by atoms with Gasteiger partial charge in [0.25, 0.3) is 17.7 Å². The zero-order valence-corrected chi connectivity index (χ0v) is 35.4. The van der Waals surface area contributed by atoms with Gasteiger partial charge in [0.05, 0.1) is 35.1 Å². The van der Waals surface area contributed by atoms with Crippen molar-refractivity contribution in [3.8, 4) is 5.75 Å². The van der Waals surface area contributed by atoms with Crippen molar-refractivity contribution in [2.24, 2.45) is 0 Å². The fourth-order valence-corrected chi connectivity index (χ4v) is 9.60. The molecule has 1 aromatic heterocycles. The first-order valence-electron chi connectivity index (χ1n) is 21.7. The molecule has 0 bridgehead atoms. The van der Waals surface area contributed by atoms with Crippen LogP contribution in [0.3, 0.4) is 0 Å². The molecule has 5 aliphatic rings. The van der Waals surface area contributed by atoms with Crippen LogP contribution in [0.5, 0.6) is 5.75 Å². The van der Waals surface area contributed by atoms with E-state index in [1.165, 1.54) is 25.6 Å². The Hall–Kier alpha value is -6.79. The molecule has 0 aliphatic carbocycles. The second kappa shape index (κ2) is 17.8. The number of benzene rings is 3. The molecule has 17 nitrogen and oxygen atoms in total. The van der Waals surface area contributed by atoms with Crippen LogP contribution in [0.4, 0.5) is 21.7 Å². The maximum absolute atomic E-state index is 13.8. The van der Waals surface area contributed by atoms with E-state index in [-0.39, 0.29) is 53.8 Å². The van der Waals surface area contributed by atoms with E-state index in [1.54, 1.807) is 24.3 Å². The van der Waals surface area contributed by atoms with Crippen molar-refractivity contribution in [1.29, 1.82) is 5.41 Å². The van der Waals surface area contributed by atoms with Crippen LogP contribution >= 0.6 is 0 Å². The van der Waals surface area contributed by atoms with E-state index in [2.05, 4.69) is 40.6 Å². The number of nitrogens with two attached hydrogens (primary N) is 1. The van der Waals surface area contributed by atoms with Gasteiger partial charge in [0.1, 0.15) is 35.6 Å². The van der Waals surface area contributed by atoms with Crippen LogP contribution in [-0.4, -0.2) is 130 Å². The minimum absolute atomic E-state index is 0.0836. The number of hydrogen-bond donors (Lipinski definition) is 5. The lowest BCUT2D eigenvalue weighted by atomic mass is 9.95. The van der Waals surface area contributed by atoms with Crippen LogP contribution in [0.15, 0.2) is 67.0 Å². The molecule has 1 atom stereocenters. The largest absolute Gasteiger partial charge is 0.496 e. The van der Waals surface area contributed by atoms with Crippen LogP contribution in [0.1, 0.15) is 86.3 Å². The van der Waals surface area contributed by atoms with Gasteiger partial charge < -0.3 is 30.9 Å². The second-order valence-electron chi connectivity index (χ2n) is 17.0. The number of nitrogens with zero attached hydrogens (tertiary/aromatic N) is 6. The van der Waals surface area contributed by atoms with E-state index in [9.17, 15) is 28.4 Å². The lowest BCUT2D eigenvalue weighted by Gasteiger charge is -2.50. The van der Waals surface area contributed by atoms with Crippen molar-refractivity contribution in [2.45, 2.75) is 69.2 Å². The highest BCUT2D eigenvalue weighted by molar-refractivity contribution is 6.24. The first-order chi connectivity index (χ1) is 30.9. The predicted octanol–water partition coefficient (Wildman–Crippen LogP) is 3.18. The molecule has 5 amide bonds. The van der Waals surface area contributed by atoms with Crippen molar-refractivity contribution < 1.29 is 33.1 Å². The Balaban J connectivity index is 0.730. The molecule has 0 radical (unpaired) electrons. The van der Waals surface area contributed by atoms with Gasteiger partial charge in [-0.15, -0.1) is 0 Å². The average molecular weight is 872 g/mol. The van der Waals surface area contributed by atoms with Gasteiger partial charge in [-0.2, -0.15) is 0 Å². The number of halogens is 1. The number of amides is 5. The Labute approximate surface area is 369 Å². The van der Waals surface area contributed by atoms with Crippen LogP contribution < -0.4 is 31.3 Å². The number of hydrogen-bond acceptors (Lipinski definition) is 14. The molecule has 6 heterocycles. The summed E-state index contributed by atoms with van der Waals surface area (Å²) in [5.41, 5.74) is 9.93. The highest BCUT2D eigenvalue weighted by atomic mass is 19.1. The van der Waals surface area contributed by atoms with E-state index in [0.29, 0.717) is 34.6 Å². The minimum Gasteiger partial charge on any atom is -0.496 e. The summed E-state index contributed by atoms with van der Waals surface area (Å²) in [4.78, 5) is 80.4. The summed E-state index contributed by atoms with van der Waals surface area (Å²) in [5, 5.41) is 17.7. The van der Waals surface area contributed by atoms with E-state index in [1.807, 2.05) is 18.2 Å². The molecule has 0 saturated carbocycles. The Kier molecular flexibility index (Phi) is 11.8. The summed E-state index contributed by atoms with van der Waals surface area (Å²) in [5.74, 6) is -2.00. The van der Waals surface area contributed by atoms with Gasteiger partial charge in [0.15, 0.2) is 0 Å². The summed E-state index contributed by atoms with van der Waals surface area (Å²) in [6, 6.07) is 16.3. The molecular weight excluding hydrogens is 822 g/mol. The molecule has 4 aromatic rings. The number of rotatable bonds is 12. The number of methoxy groups -OCH3 is 1. The third kappa shape index (κ3) is 8.37. The first kappa shape index (κ1) is 42.5. The maximum Gasteiger partial charge on any atom is 0.262 e. The summed E-state index contributed by atoms with van der Waals surface area (Å²) >= 11 is 0. The number of carbonyl (C=O) groups is 5. The molecule has 64 heavy (non-hydrogen) atoms. The van der Waals surface area contributed by atoms with Crippen molar-refractivity contribution in [2.75, 3.05) is 62.3 Å². The third-order valence-corrected chi connectivity index (χ3v) is 13.3. The number of likely N-dealkylation sites (tertiary alicyclic amines) is 2. The van der Waals surface area contributed by atoms with Crippen molar-refractivity contribution >= 4 is 52.6 Å². The fraction of sp³-hybridized carbons (Fsp3) is 0.391. The summed E-state index contributed by atoms with van der Waals surface area (Å²) < 4.78 is 19.0. The van der Waals surface area contributed by atoms with Gasteiger partial charge >= 0.3 is 0 Å². The first-order valence-corrected chi connectivity index (χ1v) is 21.7. The fourth-order valence-electron chi connectivity index (χ4n) is 9.60. The summed E-state index contributed by atoms with van der Waals surface area (Å²) in [7, 11) is 1.42. The number of nitrogens with one attached hydrogen (secondary N) is 4. The zero-order chi connectivity index (χ0) is 44.6. The number of imide groups is 2.